The zero-order chi connectivity index (χ0) is 30.1. The van der Waals surface area contributed by atoms with Crippen LogP contribution in [0.3, 0.4) is 0 Å². The van der Waals surface area contributed by atoms with E-state index >= 15 is 0 Å². The fraction of sp³-hybridized carbons (Fsp3) is 0.333. The molecule has 1 aliphatic rings. The summed E-state index contributed by atoms with van der Waals surface area (Å²) in [4.78, 5) is 65.7. The highest BCUT2D eigenvalue weighted by Crippen LogP contribution is 2.23. The van der Waals surface area contributed by atoms with Gasteiger partial charge in [-0.2, -0.15) is 0 Å². The third-order valence-electron chi connectivity index (χ3n) is 6.60. The summed E-state index contributed by atoms with van der Waals surface area (Å²) >= 11 is 0. The first kappa shape index (κ1) is 30.1. The topological polar surface area (TPSA) is 151 Å². The van der Waals surface area contributed by atoms with E-state index in [2.05, 4.69) is 15.3 Å². The van der Waals surface area contributed by atoms with Gasteiger partial charge in [0.05, 0.1) is 25.4 Å². The van der Waals surface area contributed by atoms with E-state index in [0.717, 1.165) is 11.1 Å². The van der Waals surface area contributed by atoms with Crippen molar-refractivity contribution in [3.8, 4) is 22.6 Å². The minimum Gasteiger partial charge on any atom is -0.481 e. The molecule has 1 atom stereocenters. The summed E-state index contributed by atoms with van der Waals surface area (Å²) in [6, 6.07) is 17.3. The molecule has 2 N–H and O–H groups in total. The van der Waals surface area contributed by atoms with Gasteiger partial charge in [0.2, 0.25) is 5.91 Å². The lowest BCUT2D eigenvalue weighted by Crippen LogP contribution is -2.55. The molecule has 12 nitrogen and oxygen atoms in total. The Morgan fingerprint density at radius 2 is 1.64 bits per heavy atom. The molecule has 42 heavy (non-hydrogen) atoms. The maximum Gasteiger partial charge on any atom is 0.527 e. The van der Waals surface area contributed by atoms with Gasteiger partial charge in [0.15, 0.2) is 5.82 Å². The molecule has 3 aromatic rings. The third kappa shape index (κ3) is 8.10. The normalized spacial score (nSPS) is 14.1. The van der Waals surface area contributed by atoms with Crippen molar-refractivity contribution in [1.82, 2.24) is 25.2 Å². The number of carboxylic acid groups (broad SMARTS) is 1. The third-order valence-corrected chi connectivity index (χ3v) is 6.60. The molecule has 0 radical (unpaired) electrons. The van der Waals surface area contributed by atoms with E-state index in [4.69, 9.17) is 9.57 Å². The van der Waals surface area contributed by atoms with Crippen molar-refractivity contribution >= 4 is 23.9 Å². The zero-order valence-electron chi connectivity index (χ0n) is 23.5. The second-order valence-corrected chi connectivity index (χ2v) is 9.68. The number of nitrogens with one attached hydrogen (secondary N) is 1. The number of hydrogen-bond donors (Lipinski definition) is 2. The highest BCUT2D eigenvalue weighted by molar-refractivity contribution is 5.97. The first-order chi connectivity index (χ1) is 20.2. The Morgan fingerprint density at radius 3 is 2.29 bits per heavy atom. The van der Waals surface area contributed by atoms with Crippen LogP contribution in [-0.4, -0.2) is 87.8 Å². The van der Waals surface area contributed by atoms with Crippen molar-refractivity contribution in [3.63, 3.8) is 0 Å². The number of aryl methyl sites for hydroxylation is 1. The van der Waals surface area contributed by atoms with E-state index in [0.29, 0.717) is 17.1 Å². The lowest BCUT2D eigenvalue weighted by Gasteiger charge is -2.35. The molecule has 0 spiro atoms. The maximum absolute atomic E-state index is 13.5. The molecule has 0 saturated carbocycles. The molecule has 2 aromatic carbocycles. The van der Waals surface area contributed by atoms with Crippen LogP contribution in [0.5, 0.6) is 0 Å². The van der Waals surface area contributed by atoms with Gasteiger partial charge in [-0.15, -0.1) is 5.06 Å². The fourth-order valence-electron chi connectivity index (χ4n) is 4.38. The Bertz CT molecular complexity index is 1410. The number of piperazine rings is 1. The predicted octanol–water partition coefficient (Wildman–Crippen LogP) is 3.31. The minimum absolute atomic E-state index is 0.0419. The van der Waals surface area contributed by atoms with E-state index in [1.54, 1.807) is 13.0 Å². The number of aromatic nitrogens is 2. The molecule has 4 rings (SSSR count). The van der Waals surface area contributed by atoms with E-state index in [1.807, 2.05) is 61.5 Å². The summed E-state index contributed by atoms with van der Waals surface area (Å²) in [6.07, 6.45) is -1.26. The Hall–Kier alpha value is -4.84. The van der Waals surface area contributed by atoms with E-state index < -0.39 is 30.0 Å². The van der Waals surface area contributed by atoms with Gasteiger partial charge in [-0.25, -0.2) is 14.8 Å². The van der Waals surface area contributed by atoms with Crippen LogP contribution in [0.2, 0.25) is 0 Å². The van der Waals surface area contributed by atoms with Gasteiger partial charge in [0.1, 0.15) is 11.7 Å². The van der Waals surface area contributed by atoms with Crippen molar-refractivity contribution in [2.75, 3.05) is 32.8 Å². The van der Waals surface area contributed by atoms with E-state index in [-0.39, 0.29) is 51.3 Å². The molecule has 220 valence electrons. The number of benzene rings is 2. The van der Waals surface area contributed by atoms with E-state index in [1.165, 1.54) is 9.96 Å². The van der Waals surface area contributed by atoms with Crippen LogP contribution < -0.4 is 5.32 Å². The quantitative estimate of drug-likeness (QED) is 0.345. The number of hydroxylamine groups is 2. The monoisotopic (exact) mass is 575 g/mol. The van der Waals surface area contributed by atoms with Crippen molar-refractivity contribution in [3.05, 3.63) is 71.9 Å². The number of rotatable bonds is 10. The summed E-state index contributed by atoms with van der Waals surface area (Å²) in [5, 5.41) is 13.4. The van der Waals surface area contributed by atoms with Gasteiger partial charge >= 0.3 is 12.1 Å². The van der Waals surface area contributed by atoms with Crippen molar-refractivity contribution < 1.29 is 33.9 Å². The molecule has 0 bridgehead atoms. The molecule has 1 saturated heterocycles. The molecule has 0 unspecified atom stereocenters. The lowest BCUT2D eigenvalue weighted by atomic mass is 10.1. The molecule has 1 fully saturated rings. The summed E-state index contributed by atoms with van der Waals surface area (Å²) in [7, 11) is 0. The average molecular weight is 576 g/mol. The van der Waals surface area contributed by atoms with Crippen LogP contribution in [0, 0.1) is 6.92 Å². The molecule has 2 amide bonds. The molecular formula is C30H33N5O7. The number of carboxylic acids is 1. The van der Waals surface area contributed by atoms with Gasteiger partial charge in [0, 0.05) is 30.6 Å². The van der Waals surface area contributed by atoms with Crippen molar-refractivity contribution in [2.45, 2.75) is 32.7 Å². The van der Waals surface area contributed by atoms with Gasteiger partial charge in [0.25, 0.3) is 5.91 Å². The summed E-state index contributed by atoms with van der Waals surface area (Å²) in [5.74, 6) is -1.82. The largest absolute Gasteiger partial charge is 0.527 e. The SMILES string of the molecule is CCOC(=O)ON1CCN(C(=O)[C@H](CCC(=O)O)NC(=O)c2cc(-c3ccc(C)cc3)nc(-c3ccccc3)n2)CC1. The number of ether oxygens (including phenoxy) is 1. The number of carbonyl (C=O) groups excluding carboxylic acids is 3. The number of hydrogen-bond acceptors (Lipinski definition) is 9. The molecule has 0 aliphatic carbocycles. The second-order valence-electron chi connectivity index (χ2n) is 9.68. The number of aliphatic carboxylic acids is 1. The summed E-state index contributed by atoms with van der Waals surface area (Å²) in [6.45, 7) is 4.69. The van der Waals surface area contributed by atoms with Gasteiger partial charge < -0.3 is 24.9 Å². The summed E-state index contributed by atoms with van der Waals surface area (Å²) in [5.41, 5.74) is 3.14. The standard InChI is InChI=1S/C30H33N5O7/c1-3-41-30(40)42-35-17-15-34(16-18-35)29(39)23(13-14-26(36)37)33-28(38)25-19-24(21-11-9-20(2)10-12-21)31-27(32-25)22-7-5-4-6-8-22/h4-12,19,23H,3,13-18H2,1-2H3,(H,33,38)(H,36,37)/t23-/m0/s1. The van der Waals surface area contributed by atoms with Crippen LogP contribution in [0.15, 0.2) is 60.7 Å². The highest BCUT2D eigenvalue weighted by atomic mass is 16.8. The van der Waals surface area contributed by atoms with Crippen LogP contribution in [0.4, 0.5) is 4.79 Å². The van der Waals surface area contributed by atoms with Crippen LogP contribution in [0.1, 0.15) is 35.8 Å². The number of nitrogens with zero attached hydrogens (tertiary/aromatic N) is 4. The Kier molecular flexibility index (Phi) is 10.2. The first-order valence-corrected chi connectivity index (χ1v) is 13.7. The highest BCUT2D eigenvalue weighted by Gasteiger charge is 2.31. The Balaban J connectivity index is 1.55. The Morgan fingerprint density at radius 1 is 0.952 bits per heavy atom. The molecule has 12 heteroatoms. The lowest BCUT2D eigenvalue weighted by molar-refractivity contribution is -0.157. The molecule has 1 aliphatic heterocycles. The van der Waals surface area contributed by atoms with E-state index in [9.17, 15) is 24.3 Å². The van der Waals surface area contributed by atoms with Gasteiger partial charge in [-0.3, -0.25) is 14.4 Å². The smallest absolute Gasteiger partial charge is 0.481 e. The summed E-state index contributed by atoms with van der Waals surface area (Å²) < 4.78 is 4.78. The number of carbonyl (C=O) groups is 4. The van der Waals surface area contributed by atoms with Crippen LogP contribution >= 0.6 is 0 Å². The maximum atomic E-state index is 13.5. The predicted molar refractivity (Wildman–Crippen MR) is 152 cm³/mol. The molecule has 1 aromatic heterocycles. The van der Waals surface area contributed by atoms with Gasteiger partial charge in [-0.1, -0.05) is 60.2 Å². The van der Waals surface area contributed by atoms with Gasteiger partial charge in [-0.05, 0) is 26.3 Å². The molecule has 2 heterocycles. The minimum atomic E-state index is -1.11. The van der Waals surface area contributed by atoms with Crippen molar-refractivity contribution in [1.29, 1.82) is 0 Å². The van der Waals surface area contributed by atoms with Crippen LogP contribution in [-0.2, 0) is 19.2 Å². The Labute approximate surface area is 243 Å². The average Bonchev–Trinajstić information content (AvgIpc) is 2.99. The zero-order valence-corrected chi connectivity index (χ0v) is 23.5. The van der Waals surface area contributed by atoms with Crippen molar-refractivity contribution in [2.24, 2.45) is 0 Å². The fourth-order valence-corrected chi connectivity index (χ4v) is 4.38. The van der Waals surface area contributed by atoms with Crippen LogP contribution in [0.25, 0.3) is 22.6 Å². The molecular weight excluding hydrogens is 542 g/mol. The first-order valence-electron chi connectivity index (χ1n) is 13.7. The second kappa shape index (κ2) is 14.2. The number of amides is 2.